The number of hydrogen-bond acceptors (Lipinski definition) is 2. The third-order valence-electron chi connectivity index (χ3n) is 14.5. The summed E-state index contributed by atoms with van der Waals surface area (Å²) in [6.07, 6.45) is 0. The van der Waals surface area contributed by atoms with Gasteiger partial charge in [-0.05, 0) is 108 Å². The molecule has 1 heterocycles. The van der Waals surface area contributed by atoms with Crippen LogP contribution in [0.4, 0.5) is 17.1 Å². The van der Waals surface area contributed by atoms with E-state index in [1.807, 2.05) is 0 Å². The number of anilines is 3. The van der Waals surface area contributed by atoms with Crippen LogP contribution >= 0.6 is 0 Å². The van der Waals surface area contributed by atoms with Crippen LogP contribution in [0.2, 0.25) is 0 Å². The van der Waals surface area contributed by atoms with Crippen LogP contribution in [-0.4, -0.2) is 0 Å². The molecule has 2 aliphatic rings. The van der Waals surface area contributed by atoms with Crippen LogP contribution in [0.1, 0.15) is 22.3 Å². The Bertz CT molecular complexity index is 3870. The van der Waals surface area contributed by atoms with E-state index >= 15 is 0 Å². The van der Waals surface area contributed by atoms with Gasteiger partial charge in [0.2, 0.25) is 0 Å². The van der Waals surface area contributed by atoms with E-state index in [2.05, 4.69) is 254 Å². The highest BCUT2D eigenvalue weighted by atomic mass is 16.3. The monoisotopic (exact) mass is 851 g/mol. The average Bonchev–Trinajstić information content (AvgIpc) is 4.05. The maximum atomic E-state index is 7.42. The fourth-order valence-electron chi connectivity index (χ4n) is 11.7. The largest absolute Gasteiger partial charge is 0.453 e. The molecule has 0 amide bonds. The Hall–Kier alpha value is -8.72. The van der Waals surface area contributed by atoms with Crippen LogP contribution in [0.15, 0.2) is 253 Å². The second kappa shape index (κ2) is 14.7. The van der Waals surface area contributed by atoms with Crippen molar-refractivity contribution in [3.8, 4) is 55.6 Å². The highest BCUT2D eigenvalue weighted by Gasteiger charge is 2.52. The van der Waals surface area contributed by atoms with E-state index in [-0.39, 0.29) is 0 Å². The predicted octanol–water partition coefficient (Wildman–Crippen LogP) is 17.6. The van der Waals surface area contributed by atoms with Gasteiger partial charge >= 0.3 is 0 Å². The maximum absolute atomic E-state index is 7.42. The number of rotatable bonds is 6. The first-order chi connectivity index (χ1) is 33.3. The summed E-state index contributed by atoms with van der Waals surface area (Å²) in [4.78, 5) is 2.47. The van der Waals surface area contributed by atoms with E-state index in [9.17, 15) is 0 Å². The molecule has 0 fully saturated rings. The van der Waals surface area contributed by atoms with Crippen LogP contribution in [0, 0.1) is 0 Å². The highest BCUT2D eigenvalue weighted by Crippen LogP contribution is 2.65. The minimum Gasteiger partial charge on any atom is -0.453 e. The van der Waals surface area contributed by atoms with Gasteiger partial charge in [0.15, 0.2) is 5.58 Å². The highest BCUT2D eigenvalue weighted by molar-refractivity contribution is 6.19. The molecule has 312 valence electrons. The van der Waals surface area contributed by atoms with Crippen LogP contribution < -0.4 is 4.90 Å². The van der Waals surface area contributed by atoms with Crippen molar-refractivity contribution in [3.63, 3.8) is 0 Å². The molecule has 14 rings (SSSR count). The first-order valence-corrected chi connectivity index (χ1v) is 23.2. The molecular weight excluding hydrogens is 811 g/mol. The van der Waals surface area contributed by atoms with Gasteiger partial charge in [0.05, 0.1) is 16.8 Å². The Kier molecular flexibility index (Phi) is 8.23. The number of nitrogens with zero attached hydrogens (tertiary/aromatic N) is 1. The van der Waals surface area contributed by atoms with Gasteiger partial charge in [-0.2, -0.15) is 0 Å². The molecule has 0 atom stereocenters. The van der Waals surface area contributed by atoms with Gasteiger partial charge < -0.3 is 9.32 Å². The Morgan fingerprint density at radius 1 is 0.313 bits per heavy atom. The van der Waals surface area contributed by atoms with Gasteiger partial charge in [-0.3, -0.25) is 0 Å². The lowest BCUT2D eigenvalue weighted by molar-refractivity contribution is 0.670. The summed E-state index contributed by atoms with van der Waals surface area (Å²) < 4.78 is 7.42. The van der Waals surface area contributed by atoms with E-state index in [1.54, 1.807) is 0 Å². The maximum Gasteiger partial charge on any atom is 0.160 e. The number of furan rings is 1. The van der Waals surface area contributed by atoms with Crippen molar-refractivity contribution in [1.82, 2.24) is 0 Å². The lowest BCUT2D eigenvalue weighted by Gasteiger charge is -2.32. The first kappa shape index (κ1) is 37.6. The van der Waals surface area contributed by atoms with E-state index in [0.717, 1.165) is 66.8 Å². The SMILES string of the molecule is c1ccc(-c2cccc3c2oc2c(N(c4ccc(-c5ccc6ccccc6c5)cc4)c4cccc5c4-c4ccccc4C54c5ccccc5-c5ccccc54)ccc(-c4ccccc4)c23)cc1. The molecule has 12 aromatic rings. The van der Waals surface area contributed by atoms with Crippen molar-refractivity contribution >= 4 is 49.8 Å². The lowest BCUT2D eigenvalue weighted by atomic mass is 9.70. The Labute approximate surface area is 389 Å². The summed E-state index contributed by atoms with van der Waals surface area (Å²) in [6, 6.07) is 91.1. The van der Waals surface area contributed by atoms with Gasteiger partial charge in [-0.25, -0.2) is 0 Å². The Morgan fingerprint density at radius 3 is 1.58 bits per heavy atom. The predicted molar refractivity (Wildman–Crippen MR) is 279 cm³/mol. The van der Waals surface area contributed by atoms with Gasteiger partial charge in [0, 0.05) is 27.6 Å². The second-order valence-electron chi connectivity index (χ2n) is 17.9. The molecule has 0 saturated heterocycles. The van der Waals surface area contributed by atoms with Crippen molar-refractivity contribution in [1.29, 1.82) is 0 Å². The fourth-order valence-corrected chi connectivity index (χ4v) is 11.7. The summed E-state index contributed by atoms with van der Waals surface area (Å²) >= 11 is 0. The summed E-state index contributed by atoms with van der Waals surface area (Å²) in [5.41, 5.74) is 21.5. The molecule has 0 unspecified atom stereocenters. The van der Waals surface area contributed by atoms with E-state index < -0.39 is 5.41 Å². The Morgan fingerprint density at radius 2 is 0.866 bits per heavy atom. The molecule has 67 heavy (non-hydrogen) atoms. The van der Waals surface area contributed by atoms with Gasteiger partial charge in [0.25, 0.3) is 0 Å². The number of hydrogen-bond donors (Lipinski definition) is 0. The first-order valence-electron chi connectivity index (χ1n) is 23.2. The molecule has 0 bridgehead atoms. The van der Waals surface area contributed by atoms with Crippen molar-refractivity contribution in [2.24, 2.45) is 0 Å². The molecule has 0 radical (unpaired) electrons. The van der Waals surface area contributed by atoms with Crippen LogP contribution in [-0.2, 0) is 5.41 Å². The third kappa shape index (κ3) is 5.45. The summed E-state index contributed by atoms with van der Waals surface area (Å²) in [7, 11) is 0. The molecule has 2 aliphatic carbocycles. The molecule has 2 heteroatoms. The minimum atomic E-state index is -0.489. The molecule has 0 aliphatic heterocycles. The van der Waals surface area contributed by atoms with Gasteiger partial charge in [-0.1, -0.05) is 218 Å². The normalized spacial score (nSPS) is 12.9. The zero-order valence-corrected chi connectivity index (χ0v) is 36.5. The topological polar surface area (TPSA) is 16.4 Å². The van der Waals surface area contributed by atoms with E-state index in [1.165, 1.54) is 60.8 Å². The molecular formula is C65H41NO. The molecule has 1 spiro atoms. The summed E-state index contributed by atoms with van der Waals surface area (Å²) in [6.45, 7) is 0. The standard InChI is InChI=1S/C65H41NO/c1-3-18-44(19-4-1)49-39-40-60(64-61(49)54-27-15-26-50(63(54)67-64)45-20-5-2-6-21-45)66(48-37-35-43(36-38-48)47-34-33-42-17-7-8-22-46(42)41-47)59-32-16-31-58-62(59)53-25-11-14-30-57(53)65(58)55-28-12-9-23-51(55)52-24-10-13-29-56(52)65/h1-41H. The van der Waals surface area contributed by atoms with Crippen LogP contribution in [0.3, 0.4) is 0 Å². The quantitative estimate of drug-likeness (QED) is 0.166. The third-order valence-corrected chi connectivity index (χ3v) is 14.5. The van der Waals surface area contributed by atoms with E-state index in [0.29, 0.717) is 0 Å². The summed E-state index contributed by atoms with van der Waals surface area (Å²) in [5.74, 6) is 0. The zero-order chi connectivity index (χ0) is 44.1. The van der Waals surface area contributed by atoms with Gasteiger partial charge in [0.1, 0.15) is 5.58 Å². The summed E-state index contributed by atoms with van der Waals surface area (Å²) in [5, 5.41) is 4.65. The fraction of sp³-hybridized carbons (Fsp3) is 0.0154. The molecule has 11 aromatic carbocycles. The number of fused-ring (bicyclic) bond motifs is 14. The zero-order valence-electron chi connectivity index (χ0n) is 36.5. The Balaban J connectivity index is 1.07. The molecule has 1 aromatic heterocycles. The van der Waals surface area contributed by atoms with Crippen molar-refractivity contribution in [2.45, 2.75) is 5.41 Å². The van der Waals surface area contributed by atoms with Gasteiger partial charge in [-0.15, -0.1) is 0 Å². The number of para-hydroxylation sites is 1. The average molecular weight is 852 g/mol. The van der Waals surface area contributed by atoms with Crippen molar-refractivity contribution < 1.29 is 4.42 Å². The van der Waals surface area contributed by atoms with Crippen LogP contribution in [0.25, 0.3) is 88.3 Å². The van der Waals surface area contributed by atoms with E-state index in [4.69, 9.17) is 4.42 Å². The van der Waals surface area contributed by atoms with Crippen molar-refractivity contribution in [3.05, 3.63) is 271 Å². The molecule has 0 N–H and O–H groups in total. The lowest BCUT2D eigenvalue weighted by Crippen LogP contribution is -2.26. The molecule has 0 saturated carbocycles. The number of benzene rings is 11. The smallest absolute Gasteiger partial charge is 0.160 e. The molecule has 2 nitrogen and oxygen atoms in total. The minimum absolute atomic E-state index is 0.489. The second-order valence-corrected chi connectivity index (χ2v) is 17.9. The van der Waals surface area contributed by atoms with Crippen LogP contribution in [0.5, 0.6) is 0 Å². The van der Waals surface area contributed by atoms with Crippen molar-refractivity contribution in [2.75, 3.05) is 4.90 Å².